The number of hydrogen-bond donors (Lipinski definition) is 0. The van der Waals surface area contributed by atoms with Crippen LogP contribution in [0.25, 0.3) is 0 Å². The number of carbonyl (C=O) groups is 5. The van der Waals surface area contributed by atoms with Crippen LogP contribution in [0.1, 0.15) is 63.2 Å². The second-order valence-corrected chi connectivity index (χ2v) is 11.2. The highest BCUT2D eigenvalue weighted by atomic mass is 16.5. The van der Waals surface area contributed by atoms with Gasteiger partial charge in [-0.3, -0.25) is 24.0 Å². The fourth-order valence-electron chi connectivity index (χ4n) is 6.33. The van der Waals surface area contributed by atoms with Gasteiger partial charge in [-0.2, -0.15) is 0 Å². The molecule has 0 unspecified atom stereocenters. The Labute approximate surface area is 245 Å². The van der Waals surface area contributed by atoms with Gasteiger partial charge in [0, 0.05) is 36.0 Å². The molecule has 1 spiro atoms. The molecular formula is C35H33NO6. The maximum absolute atomic E-state index is 14.6. The second kappa shape index (κ2) is 11.0. The Bertz CT molecular complexity index is 1650. The monoisotopic (exact) mass is 563 g/mol. The number of Topliss-reactive ketones (excluding diaryl/α,β-unsaturated/α-hetero) is 2. The summed E-state index contributed by atoms with van der Waals surface area (Å²) in [7, 11) is 0. The number of anilines is 1. The average molecular weight is 564 g/mol. The van der Waals surface area contributed by atoms with Crippen molar-refractivity contribution in [2.75, 3.05) is 11.5 Å². The number of allylic oxidation sites excluding steroid dienone is 1. The zero-order valence-electron chi connectivity index (χ0n) is 24.4. The maximum Gasteiger partial charge on any atom is 0.315 e. The predicted molar refractivity (Wildman–Crippen MR) is 158 cm³/mol. The molecule has 0 saturated carbocycles. The Hall–Kier alpha value is -4.65. The lowest BCUT2D eigenvalue weighted by molar-refractivity contribution is -0.152. The summed E-state index contributed by atoms with van der Waals surface area (Å²) in [6.45, 7) is 8.63. The Morgan fingerprint density at radius 2 is 1.40 bits per heavy atom. The van der Waals surface area contributed by atoms with Gasteiger partial charge >= 0.3 is 5.97 Å². The van der Waals surface area contributed by atoms with E-state index < -0.39 is 40.8 Å². The molecule has 1 aliphatic heterocycles. The lowest BCUT2D eigenvalue weighted by atomic mass is 9.64. The molecule has 3 atom stereocenters. The van der Waals surface area contributed by atoms with E-state index in [2.05, 4.69) is 0 Å². The number of fused-ring (bicyclic) bond motifs is 2. The minimum atomic E-state index is -1.73. The summed E-state index contributed by atoms with van der Waals surface area (Å²) in [6.07, 6.45) is 1.44. The molecule has 42 heavy (non-hydrogen) atoms. The number of amides is 2. The molecule has 1 aliphatic carbocycles. The van der Waals surface area contributed by atoms with Crippen LogP contribution in [0.3, 0.4) is 0 Å². The molecule has 7 heteroatoms. The number of carbonyl (C=O) groups excluding carboxylic acids is 5. The predicted octanol–water partition coefficient (Wildman–Crippen LogP) is 5.63. The van der Waals surface area contributed by atoms with E-state index >= 15 is 0 Å². The molecule has 2 aliphatic rings. The van der Waals surface area contributed by atoms with Crippen LogP contribution in [0.4, 0.5) is 5.69 Å². The minimum absolute atomic E-state index is 0.0235. The van der Waals surface area contributed by atoms with E-state index in [9.17, 15) is 24.0 Å². The van der Waals surface area contributed by atoms with Crippen molar-refractivity contribution in [1.82, 2.24) is 0 Å². The zero-order chi connectivity index (χ0) is 30.3. The minimum Gasteiger partial charge on any atom is -0.465 e. The molecule has 3 aromatic rings. The van der Waals surface area contributed by atoms with Crippen molar-refractivity contribution < 1.29 is 28.7 Å². The largest absolute Gasteiger partial charge is 0.465 e. The lowest BCUT2D eigenvalue weighted by Crippen LogP contribution is -2.52. The molecule has 2 amide bonds. The van der Waals surface area contributed by atoms with Crippen LogP contribution >= 0.6 is 0 Å². The number of rotatable bonds is 7. The molecule has 0 saturated heterocycles. The summed E-state index contributed by atoms with van der Waals surface area (Å²) >= 11 is 0. The van der Waals surface area contributed by atoms with Crippen LogP contribution in [0.5, 0.6) is 0 Å². The lowest BCUT2D eigenvalue weighted by Gasteiger charge is -2.35. The van der Waals surface area contributed by atoms with Gasteiger partial charge in [0.05, 0.1) is 12.3 Å². The third kappa shape index (κ3) is 4.59. The fourth-order valence-corrected chi connectivity index (χ4v) is 6.33. The number of esters is 1. The molecule has 0 fully saturated rings. The van der Waals surface area contributed by atoms with Crippen molar-refractivity contribution in [3.05, 3.63) is 112 Å². The van der Waals surface area contributed by atoms with Gasteiger partial charge in [0.25, 0.3) is 0 Å². The Morgan fingerprint density at radius 1 is 0.833 bits per heavy atom. The Balaban J connectivity index is 1.76. The van der Waals surface area contributed by atoms with Gasteiger partial charge in [0.15, 0.2) is 11.6 Å². The molecule has 1 heterocycles. The second-order valence-electron chi connectivity index (χ2n) is 11.2. The Morgan fingerprint density at radius 3 is 1.98 bits per heavy atom. The van der Waals surface area contributed by atoms with E-state index in [1.165, 1.54) is 6.92 Å². The van der Waals surface area contributed by atoms with Crippen LogP contribution in [-0.2, 0) is 24.5 Å². The first kappa shape index (κ1) is 28.9. The molecule has 0 N–H and O–H groups in total. The number of hydrogen-bond acceptors (Lipinski definition) is 6. The number of ether oxygens (including phenoxy) is 1. The van der Waals surface area contributed by atoms with Crippen LogP contribution < -0.4 is 4.90 Å². The molecule has 7 nitrogen and oxygen atoms in total. The van der Waals surface area contributed by atoms with Gasteiger partial charge in [-0.05, 0) is 39.3 Å². The van der Waals surface area contributed by atoms with Gasteiger partial charge in [-0.15, -0.1) is 0 Å². The Kier molecular flexibility index (Phi) is 7.54. The van der Waals surface area contributed by atoms with Gasteiger partial charge in [0.2, 0.25) is 11.8 Å². The number of benzene rings is 3. The fraction of sp³-hybridized carbons (Fsp3) is 0.286. The van der Waals surface area contributed by atoms with Crippen LogP contribution in [0, 0.1) is 32.6 Å². The van der Waals surface area contributed by atoms with E-state index in [4.69, 9.17) is 4.74 Å². The average Bonchev–Trinajstić information content (AvgIpc) is 3.42. The van der Waals surface area contributed by atoms with E-state index in [-0.39, 0.29) is 24.4 Å². The summed E-state index contributed by atoms with van der Waals surface area (Å²) in [6, 6.07) is 19.3. The number of ketones is 2. The maximum atomic E-state index is 14.6. The summed E-state index contributed by atoms with van der Waals surface area (Å²) < 4.78 is 5.52. The topological polar surface area (TPSA) is 97.8 Å². The van der Waals surface area contributed by atoms with E-state index in [1.54, 1.807) is 67.6 Å². The van der Waals surface area contributed by atoms with Crippen LogP contribution in [-0.4, -0.2) is 36.0 Å². The highest BCUT2D eigenvalue weighted by Crippen LogP contribution is 2.59. The van der Waals surface area contributed by atoms with Crippen molar-refractivity contribution in [2.45, 2.75) is 46.5 Å². The van der Waals surface area contributed by atoms with Crippen molar-refractivity contribution in [2.24, 2.45) is 11.8 Å². The van der Waals surface area contributed by atoms with Crippen molar-refractivity contribution in [3.63, 3.8) is 0 Å². The van der Waals surface area contributed by atoms with E-state index in [0.29, 0.717) is 22.4 Å². The first-order valence-corrected chi connectivity index (χ1v) is 14.1. The summed E-state index contributed by atoms with van der Waals surface area (Å²) in [5.41, 5.74) is 2.69. The van der Waals surface area contributed by atoms with Crippen LogP contribution in [0.2, 0.25) is 0 Å². The number of imide groups is 1. The molecule has 3 aromatic carbocycles. The standard InChI is InChI=1S/C35H33NO6/c1-6-42-33(40)31-27(32(39)25-14-9-21(3)10-15-25)18-26(19-30(38)24-12-7-20(2)8-13-24)35(31)28-17-22(4)11-16-29(28)36(23(5)37)34(35)41/h7-18,26,31H,6,19H2,1-5H3/t26-,31+,35-/m0/s1. The highest BCUT2D eigenvalue weighted by Gasteiger charge is 2.67. The summed E-state index contributed by atoms with van der Waals surface area (Å²) in [5.74, 6) is -4.85. The zero-order valence-corrected chi connectivity index (χ0v) is 24.4. The molecule has 0 bridgehead atoms. The highest BCUT2D eigenvalue weighted by molar-refractivity contribution is 6.26. The van der Waals surface area contributed by atoms with Crippen molar-refractivity contribution in [3.8, 4) is 0 Å². The quantitative estimate of drug-likeness (QED) is 0.273. The first-order valence-electron chi connectivity index (χ1n) is 14.1. The SMILES string of the molecule is CCOC(=O)[C@H]1C(C(=O)c2ccc(C)cc2)=C[C@@H](CC(=O)c2ccc(C)cc2)[C@@]12C(=O)N(C(C)=O)c1ccc(C)cc12. The first-order chi connectivity index (χ1) is 20.0. The van der Waals surface area contributed by atoms with Gasteiger partial charge in [-0.1, -0.05) is 83.4 Å². The summed E-state index contributed by atoms with van der Waals surface area (Å²) in [4.78, 5) is 70.4. The normalized spacial score (nSPS) is 20.8. The van der Waals surface area contributed by atoms with Gasteiger partial charge in [-0.25, -0.2) is 4.90 Å². The molecule has 214 valence electrons. The molecular weight excluding hydrogens is 530 g/mol. The van der Waals surface area contributed by atoms with Crippen molar-refractivity contribution in [1.29, 1.82) is 0 Å². The van der Waals surface area contributed by atoms with Crippen molar-refractivity contribution >= 4 is 35.0 Å². The van der Waals surface area contributed by atoms with E-state index in [1.807, 2.05) is 32.9 Å². The summed E-state index contributed by atoms with van der Waals surface area (Å²) in [5, 5.41) is 0. The van der Waals surface area contributed by atoms with Gasteiger partial charge in [0.1, 0.15) is 11.3 Å². The molecule has 5 rings (SSSR count). The number of nitrogens with zero attached hydrogens (tertiary/aromatic N) is 1. The smallest absolute Gasteiger partial charge is 0.315 e. The molecule has 0 aromatic heterocycles. The van der Waals surface area contributed by atoms with E-state index in [0.717, 1.165) is 21.6 Å². The van der Waals surface area contributed by atoms with Gasteiger partial charge < -0.3 is 4.74 Å². The third-order valence-corrected chi connectivity index (χ3v) is 8.32. The van der Waals surface area contributed by atoms with Crippen LogP contribution in [0.15, 0.2) is 78.4 Å². The number of aryl methyl sites for hydroxylation is 3. The third-order valence-electron chi connectivity index (χ3n) is 8.32. The molecule has 0 radical (unpaired) electrons.